The van der Waals surface area contributed by atoms with E-state index in [0.29, 0.717) is 29.7 Å². The summed E-state index contributed by atoms with van der Waals surface area (Å²) in [7, 11) is -4.76. The van der Waals surface area contributed by atoms with Crippen molar-refractivity contribution in [3.8, 4) is 0 Å². The maximum atomic E-state index is 12.4. The smallest absolute Gasteiger partial charge is 0.418 e. The number of carbonyl (C=O) groups is 1. The Morgan fingerprint density at radius 1 is 1.20 bits per heavy atom. The van der Waals surface area contributed by atoms with Gasteiger partial charge in [-0.3, -0.25) is 4.55 Å². The van der Waals surface area contributed by atoms with Gasteiger partial charge in [-0.25, -0.2) is 4.79 Å². The zero-order valence-corrected chi connectivity index (χ0v) is 14.1. The number of urea groups is 1. The summed E-state index contributed by atoms with van der Waals surface area (Å²) in [6, 6.07) is -1.38. The molecule has 2 saturated heterocycles. The number of piperidine rings is 1. The van der Waals surface area contributed by atoms with Gasteiger partial charge < -0.3 is 15.1 Å². The predicted octanol–water partition coefficient (Wildman–Crippen LogP) is 0.340. The highest BCUT2D eigenvalue weighted by Gasteiger charge is 2.49. The third-order valence-electron chi connectivity index (χ3n) is 5.06. The van der Waals surface area contributed by atoms with Crippen molar-refractivity contribution in [2.24, 2.45) is 5.73 Å². The molecule has 0 spiro atoms. The quantitative estimate of drug-likeness (QED) is 0.711. The molecule has 3 aliphatic rings. The highest BCUT2D eigenvalue weighted by atomic mass is 32.3. The third-order valence-corrected chi connectivity index (χ3v) is 5.41. The van der Waals surface area contributed by atoms with Gasteiger partial charge in [0, 0.05) is 18.5 Å². The number of hydrogen-bond donors (Lipinski definition) is 2. The van der Waals surface area contributed by atoms with Gasteiger partial charge in [-0.15, -0.1) is 14.5 Å². The van der Waals surface area contributed by atoms with E-state index in [1.165, 1.54) is 4.90 Å². The van der Waals surface area contributed by atoms with Crippen LogP contribution in [0, 0.1) is 0 Å². The lowest BCUT2D eigenvalue weighted by Crippen LogP contribution is -2.35. The number of hydrogen-bond acceptors (Lipinski definition) is 8. The number of hydroxylamine groups is 2. The average Bonchev–Trinajstić information content (AvgIpc) is 3.23. The lowest BCUT2D eigenvalue weighted by Gasteiger charge is -2.27. The summed E-state index contributed by atoms with van der Waals surface area (Å²) < 4.78 is 40.9. The summed E-state index contributed by atoms with van der Waals surface area (Å²) in [6.45, 7) is 0.269. The van der Waals surface area contributed by atoms with Crippen LogP contribution in [-0.2, 0) is 14.7 Å². The fourth-order valence-corrected chi connectivity index (χ4v) is 4.26. The first-order valence-electron chi connectivity index (χ1n) is 8.17. The Morgan fingerprint density at radius 2 is 1.96 bits per heavy atom. The highest BCUT2D eigenvalue weighted by molar-refractivity contribution is 7.80. The molecule has 2 unspecified atom stereocenters. The number of nitrogens with zero attached hydrogens (tertiary/aromatic N) is 4. The van der Waals surface area contributed by atoms with Crippen molar-refractivity contribution in [2.75, 3.05) is 6.54 Å². The maximum absolute atomic E-state index is 12.4. The molecule has 3 fully saturated rings. The van der Waals surface area contributed by atoms with Crippen molar-refractivity contribution in [1.29, 1.82) is 0 Å². The Bertz CT molecular complexity index is 782. The molecule has 12 heteroatoms. The van der Waals surface area contributed by atoms with E-state index in [2.05, 4.69) is 14.5 Å². The van der Waals surface area contributed by atoms with Crippen LogP contribution in [0.1, 0.15) is 55.8 Å². The van der Waals surface area contributed by atoms with Crippen molar-refractivity contribution >= 4 is 16.4 Å². The minimum atomic E-state index is -4.76. The highest BCUT2D eigenvalue weighted by Crippen LogP contribution is 2.40. The Balaban J connectivity index is 1.51. The van der Waals surface area contributed by atoms with Crippen molar-refractivity contribution in [1.82, 2.24) is 20.2 Å². The molecule has 2 amide bonds. The van der Waals surface area contributed by atoms with Gasteiger partial charge in [0.25, 0.3) is 0 Å². The van der Waals surface area contributed by atoms with Gasteiger partial charge in [0.15, 0.2) is 0 Å². The van der Waals surface area contributed by atoms with Gasteiger partial charge in [0.05, 0.1) is 6.04 Å². The van der Waals surface area contributed by atoms with E-state index in [0.717, 1.165) is 19.3 Å². The van der Waals surface area contributed by atoms with Crippen molar-refractivity contribution < 1.29 is 26.5 Å². The van der Waals surface area contributed by atoms with E-state index in [1.54, 1.807) is 0 Å². The molecule has 1 saturated carbocycles. The zero-order valence-electron chi connectivity index (χ0n) is 13.3. The second kappa shape index (κ2) is 5.90. The summed E-state index contributed by atoms with van der Waals surface area (Å²) in [6.07, 6.45) is 3.64. The summed E-state index contributed by atoms with van der Waals surface area (Å²) in [5, 5.41) is 8.88. The minimum absolute atomic E-state index is 0.140. The molecule has 138 valence electrons. The largest absolute Gasteiger partial charge is 0.423 e. The summed E-state index contributed by atoms with van der Waals surface area (Å²) >= 11 is 0. The molecule has 3 N–H and O–H groups in total. The van der Waals surface area contributed by atoms with Crippen LogP contribution in [0.15, 0.2) is 4.42 Å². The second-order valence-electron chi connectivity index (χ2n) is 6.76. The normalized spacial score (nSPS) is 32.6. The van der Waals surface area contributed by atoms with Gasteiger partial charge >= 0.3 is 16.4 Å². The molecule has 2 aliphatic heterocycles. The number of amides is 2. The van der Waals surface area contributed by atoms with E-state index in [1.807, 2.05) is 0 Å². The maximum Gasteiger partial charge on any atom is 0.418 e. The monoisotopic (exact) mass is 373 g/mol. The zero-order chi connectivity index (χ0) is 17.8. The summed E-state index contributed by atoms with van der Waals surface area (Å²) in [4.78, 5) is 13.8. The second-order valence-corrected chi connectivity index (χ2v) is 7.76. The molecule has 2 bridgehead atoms. The summed E-state index contributed by atoms with van der Waals surface area (Å²) in [5.41, 5.74) is 5.91. The van der Waals surface area contributed by atoms with Gasteiger partial charge in [0.2, 0.25) is 11.8 Å². The average molecular weight is 373 g/mol. The Morgan fingerprint density at radius 3 is 2.64 bits per heavy atom. The minimum Gasteiger partial charge on any atom is -0.423 e. The van der Waals surface area contributed by atoms with Crippen LogP contribution in [-0.4, -0.2) is 57.8 Å². The number of fused-ring (bicyclic) bond motifs is 2. The van der Waals surface area contributed by atoms with Crippen LogP contribution in [0.2, 0.25) is 0 Å². The molecular weight excluding hydrogens is 354 g/mol. The fraction of sp³-hybridized carbons (Fsp3) is 0.769. The molecule has 4 rings (SSSR count). The van der Waals surface area contributed by atoms with Gasteiger partial charge in [-0.05, 0) is 32.1 Å². The molecule has 0 radical (unpaired) electrons. The number of aromatic nitrogens is 2. The molecule has 0 aromatic carbocycles. The molecule has 11 nitrogen and oxygen atoms in total. The first kappa shape index (κ1) is 16.7. The molecule has 4 atom stereocenters. The Hall–Kier alpha value is -1.76. The molecule has 25 heavy (non-hydrogen) atoms. The lowest BCUT2D eigenvalue weighted by atomic mass is 10.0. The van der Waals surface area contributed by atoms with E-state index in [9.17, 15) is 13.2 Å². The van der Waals surface area contributed by atoms with E-state index < -0.39 is 28.5 Å². The lowest BCUT2D eigenvalue weighted by molar-refractivity contribution is -0.0317. The van der Waals surface area contributed by atoms with Crippen molar-refractivity contribution in [3.63, 3.8) is 0 Å². The number of nitrogens with two attached hydrogens (primary N) is 1. The van der Waals surface area contributed by atoms with Gasteiger partial charge in [0.1, 0.15) is 6.04 Å². The van der Waals surface area contributed by atoms with E-state index >= 15 is 0 Å². The van der Waals surface area contributed by atoms with Gasteiger partial charge in [-0.2, -0.15) is 13.5 Å². The Kier molecular flexibility index (Phi) is 3.94. The molecular formula is C13H19N5O6S. The van der Waals surface area contributed by atoms with E-state index in [4.69, 9.17) is 14.7 Å². The first-order chi connectivity index (χ1) is 11.8. The predicted molar refractivity (Wildman–Crippen MR) is 81.2 cm³/mol. The van der Waals surface area contributed by atoms with Crippen LogP contribution in [0.5, 0.6) is 0 Å². The van der Waals surface area contributed by atoms with Crippen molar-refractivity contribution in [3.05, 3.63) is 11.8 Å². The molecule has 1 aromatic rings. The number of rotatable bonds is 4. The van der Waals surface area contributed by atoms with Crippen LogP contribution in [0.4, 0.5) is 4.79 Å². The van der Waals surface area contributed by atoms with Crippen LogP contribution in [0.3, 0.4) is 0 Å². The Labute approximate surface area is 144 Å². The topological polar surface area (TPSA) is 152 Å². The third kappa shape index (κ3) is 3.10. The van der Waals surface area contributed by atoms with Gasteiger partial charge in [-0.1, -0.05) is 0 Å². The van der Waals surface area contributed by atoms with Crippen molar-refractivity contribution in [2.45, 2.75) is 56.1 Å². The fourth-order valence-electron chi connectivity index (χ4n) is 3.88. The van der Waals surface area contributed by atoms with Crippen LogP contribution < -0.4 is 5.73 Å². The summed E-state index contributed by atoms with van der Waals surface area (Å²) in [5.74, 6) is 1.000. The first-order valence-corrected chi connectivity index (χ1v) is 9.54. The van der Waals surface area contributed by atoms with E-state index in [-0.39, 0.29) is 18.5 Å². The molecule has 3 heterocycles. The van der Waals surface area contributed by atoms with Crippen LogP contribution >= 0.6 is 0 Å². The van der Waals surface area contributed by atoms with Crippen LogP contribution in [0.25, 0.3) is 0 Å². The number of carbonyl (C=O) groups excluding carboxylic acids is 1. The standard InChI is InChI=1S/C13H19N5O6S/c14-8-2-1-7(5-8)11-15-16-12(23-11)10-4-3-9-6-17(10)13(19)18(9)24-25(20,21)22/h7-10H,1-6,14H2,(H,20,21,22)/t7-,8+,9?,10?/m1/s1. The molecule has 1 aliphatic carbocycles. The SMILES string of the molecule is N[C@H]1CC[C@@H](c2nnc(C3CCC4CN3C(=O)N4OS(=O)(=O)O)o2)C1. The molecule has 1 aromatic heterocycles.